The van der Waals surface area contributed by atoms with Gasteiger partial charge < -0.3 is 15.0 Å². The van der Waals surface area contributed by atoms with E-state index in [9.17, 15) is 10.1 Å². The number of nitrogens with zero attached hydrogens (tertiary/aromatic N) is 6. The molecule has 0 saturated carbocycles. The molecule has 0 radical (unpaired) electrons. The van der Waals surface area contributed by atoms with Crippen LogP contribution in [0.5, 0.6) is 0 Å². The number of benzene rings is 1. The van der Waals surface area contributed by atoms with Gasteiger partial charge in [-0.05, 0) is 55.0 Å². The lowest BCUT2D eigenvalue weighted by Crippen LogP contribution is -2.46. The zero-order valence-electron chi connectivity index (χ0n) is 17.7. The van der Waals surface area contributed by atoms with Gasteiger partial charge in [-0.2, -0.15) is 0 Å². The average Bonchev–Trinajstić information content (AvgIpc) is 3.14. The third kappa shape index (κ3) is 4.97. The first-order valence-corrected chi connectivity index (χ1v) is 11.1. The summed E-state index contributed by atoms with van der Waals surface area (Å²) >= 11 is 6.11. The van der Waals surface area contributed by atoms with Crippen molar-refractivity contribution in [2.24, 2.45) is 0 Å². The maximum absolute atomic E-state index is 11.1. The van der Waals surface area contributed by atoms with E-state index in [-0.39, 0.29) is 10.7 Å². The highest BCUT2D eigenvalue weighted by Gasteiger charge is 2.19. The van der Waals surface area contributed by atoms with Gasteiger partial charge in [0, 0.05) is 55.4 Å². The van der Waals surface area contributed by atoms with E-state index in [1.165, 1.54) is 11.9 Å². The second-order valence-electron chi connectivity index (χ2n) is 7.95. The highest BCUT2D eigenvalue weighted by Crippen LogP contribution is 2.28. The van der Waals surface area contributed by atoms with E-state index in [2.05, 4.69) is 31.9 Å². The Kier molecular flexibility index (Phi) is 6.67. The van der Waals surface area contributed by atoms with E-state index in [1.807, 2.05) is 25.3 Å². The predicted octanol–water partition coefficient (Wildman–Crippen LogP) is 4.29. The van der Waals surface area contributed by atoms with Crippen molar-refractivity contribution >= 4 is 34.0 Å². The van der Waals surface area contributed by atoms with Crippen molar-refractivity contribution in [3.63, 3.8) is 0 Å². The van der Waals surface area contributed by atoms with Gasteiger partial charge >= 0.3 is 5.82 Å². The SMILES string of the molecule is Cc1ncc([N+](=O)[O-])n1CCCCCN1CCN(c2ccnc3cc(Cl)ccc23)CC1. The lowest BCUT2D eigenvalue weighted by molar-refractivity contribution is -0.392. The number of anilines is 1. The van der Waals surface area contributed by atoms with Gasteiger partial charge in [0.25, 0.3) is 0 Å². The standard InChI is InChI=1S/C22H27ClN6O2/c1-17-25-16-22(29(30)31)28(17)10-4-2-3-9-26-11-13-27(14-12-26)21-7-8-24-20-15-18(23)5-6-19(20)21/h5-8,15-16H,2-4,9-14H2,1H3. The summed E-state index contributed by atoms with van der Waals surface area (Å²) in [6, 6.07) is 7.98. The molecule has 3 heterocycles. The monoisotopic (exact) mass is 442 g/mol. The van der Waals surface area contributed by atoms with Crippen LogP contribution in [-0.2, 0) is 6.54 Å². The summed E-state index contributed by atoms with van der Waals surface area (Å²) in [7, 11) is 0. The quantitative estimate of drug-likeness (QED) is 0.294. The van der Waals surface area contributed by atoms with Crippen molar-refractivity contribution in [3.8, 4) is 0 Å². The molecular weight excluding hydrogens is 416 g/mol. The van der Waals surface area contributed by atoms with Crippen LogP contribution in [-0.4, -0.2) is 57.1 Å². The van der Waals surface area contributed by atoms with Crippen molar-refractivity contribution in [3.05, 3.63) is 57.6 Å². The van der Waals surface area contributed by atoms with Gasteiger partial charge in [-0.25, -0.2) is 9.55 Å². The van der Waals surface area contributed by atoms with Crippen LogP contribution < -0.4 is 4.90 Å². The predicted molar refractivity (Wildman–Crippen MR) is 123 cm³/mol. The van der Waals surface area contributed by atoms with E-state index in [1.54, 1.807) is 4.57 Å². The number of fused-ring (bicyclic) bond motifs is 1. The highest BCUT2D eigenvalue weighted by molar-refractivity contribution is 6.31. The molecule has 164 valence electrons. The fourth-order valence-corrected chi connectivity index (χ4v) is 4.42. The fourth-order valence-electron chi connectivity index (χ4n) is 4.25. The Labute approximate surface area is 186 Å². The molecule has 0 amide bonds. The van der Waals surface area contributed by atoms with Crippen LogP contribution in [0.25, 0.3) is 10.9 Å². The first-order chi connectivity index (χ1) is 15.0. The summed E-state index contributed by atoms with van der Waals surface area (Å²) in [5, 5.41) is 12.9. The molecule has 1 fully saturated rings. The lowest BCUT2D eigenvalue weighted by Gasteiger charge is -2.36. The highest BCUT2D eigenvalue weighted by atomic mass is 35.5. The van der Waals surface area contributed by atoms with E-state index in [0.29, 0.717) is 17.4 Å². The van der Waals surface area contributed by atoms with Gasteiger partial charge in [0.15, 0.2) is 5.82 Å². The molecule has 4 rings (SSSR count). The topological polar surface area (TPSA) is 80.3 Å². The Morgan fingerprint density at radius 3 is 2.61 bits per heavy atom. The number of rotatable bonds is 8. The van der Waals surface area contributed by atoms with Crippen molar-refractivity contribution in [1.29, 1.82) is 0 Å². The summed E-state index contributed by atoms with van der Waals surface area (Å²) < 4.78 is 1.70. The van der Waals surface area contributed by atoms with Gasteiger partial charge in [-0.15, -0.1) is 0 Å². The zero-order chi connectivity index (χ0) is 21.8. The molecule has 0 spiro atoms. The molecule has 2 aromatic heterocycles. The van der Waals surface area contributed by atoms with Gasteiger partial charge in [0.05, 0.1) is 12.1 Å². The first kappa shape index (κ1) is 21.5. The molecule has 1 saturated heterocycles. The second-order valence-corrected chi connectivity index (χ2v) is 8.39. The summed E-state index contributed by atoms with van der Waals surface area (Å²) in [4.78, 5) is 24.1. The number of aromatic nitrogens is 3. The van der Waals surface area contributed by atoms with Gasteiger partial charge in [-0.1, -0.05) is 11.6 Å². The normalized spacial score (nSPS) is 15.0. The van der Waals surface area contributed by atoms with Gasteiger partial charge in [-0.3, -0.25) is 9.88 Å². The molecule has 0 unspecified atom stereocenters. The third-order valence-electron chi connectivity index (χ3n) is 5.97. The van der Waals surface area contributed by atoms with E-state index >= 15 is 0 Å². The van der Waals surface area contributed by atoms with Crippen LogP contribution in [0.1, 0.15) is 25.1 Å². The smallest absolute Gasteiger partial charge is 0.342 e. The number of unbranched alkanes of at least 4 members (excludes halogenated alkanes) is 2. The molecule has 1 aromatic carbocycles. The van der Waals surface area contributed by atoms with Crippen LogP contribution >= 0.6 is 11.6 Å². The number of nitro groups is 1. The van der Waals surface area contributed by atoms with E-state index < -0.39 is 0 Å². The number of aryl methyl sites for hydroxylation is 1. The maximum Gasteiger partial charge on any atom is 0.342 e. The summed E-state index contributed by atoms with van der Waals surface area (Å²) in [6.07, 6.45) is 6.26. The Bertz CT molecular complexity index is 1060. The summed E-state index contributed by atoms with van der Waals surface area (Å²) in [6.45, 7) is 7.56. The third-order valence-corrected chi connectivity index (χ3v) is 6.21. The molecule has 8 nitrogen and oxygen atoms in total. The Hall–Kier alpha value is -2.71. The molecule has 9 heteroatoms. The van der Waals surface area contributed by atoms with Gasteiger partial charge in [0.1, 0.15) is 6.20 Å². The van der Waals surface area contributed by atoms with Crippen LogP contribution in [0.4, 0.5) is 11.5 Å². The Morgan fingerprint density at radius 2 is 1.84 bits per heavy atom. The molecule has 0 bridgehead atoms. The molecule has 0 aliphatic carbocycles. The van der Waals surface area contributed by atoms with Crippen molar-refractivity contribution in [2.45, 2.75) is 32.7 Å². The minimum absolute atomic E-state index is 0.0829. The van der Waals surface area contributed by atoms with Crippen LogP contribution in [0.3, 0.4) is 0 Å². The largest absolute Gasteiger partial charge is 0.368 e. The Balaban J connectivity index is 1.23. The minimum Gasteiger partial charge on any atom is -0.368 e. The number of piperazine rings is 1. The molecule has 1 aliphatic rings. The first-order valence-electron chi connectivity index (χ1n) is 10.7. The van der Waals surface area contributed by atoms with E-state index in [0.717, 1.165) is 62.9 Å². The average molecular weight is 443 g/mol. The number of pyridine rings is 1. The minimum atomic E-state index is -0.361. The van der Waals surface area contributed by atoms with Crippen LogP contribution in [0, 0.1) is 17.0 Å². The molecule has 0 N–H and O–H groups in total. The van der Waals surface area contributed by atoms with Crippen molar-refractivity contribution in [1.82, 2.24) is 19.4 Å². The van der Waals surface area contributed by atoms with Crippen LogP contribution in [0.15, 0.2) is 36.7 Å². The number of hydrogen-bond acceptors (Lipinski definition) is 6. The molecule has 0 atom stereocenters. The zero-order valence-corrected chi connectivity index (χ0v) is 18.5. The fraction of sp³-hybridized carbons (Fsp3) is 0.455. The van der Waals surface area contributed by atoms with Crippen molar-refractivity contribution < 1.29 is 4.92 Å². The molecular formula is C22H27ClN6O2. The second kappa shape index (κ2) is 9.62. The maximum atomic E-state index is 11.1. The van der Waals surface area contributed by atoms with Gasteiger partial charge in [0.2, 0.25) is 0 Å². The number of imidazole rings is 1. The van der Waals surface area contributed by atoms with Crippen LogP contribution in [0.2, 0.25) is 5.02 Å². The molecule has 3 aromatic rings. The molecule has 31 heavy (non-hydrogen) atoms. The lowest BCUT2D eigenvalue weighted by atomic mass is 10.1. The van der Waals surface area contributed by atoms with E-state index in [4.69, 9.17) is 11.6 Å². The summed E-state index contributed by atoms with van der Waals surface area (Å²) in [5.74, 6) is 0.785. The number of hydrogen-bond donors (Lipinski definition) is 0. The Morgan fingerprint density at radius 1 is 1.06 bits per heavy atom. The number of halogens is 1. The molecule has 1 aliphatic heterocycles. The summed E-state index contributed by atoms with van der Waals surface area (Å²) in [5.41, 5.74) is 2.15. The van der Waals surface area contributed by atoms with Crippen molar-refractivity contribution in [2.75, 3.05) is 37.6 Å².